The Bertz CT molecular complexity index is 492. The fourth-order valence-corrected chi connectivity index (χ4v) is 3.66. The first kappa shape index (κ1) is 30.7. The largest absolute Gasteiger partial charge is 0.461 e. The van der Waals surface area contributed by atoms with Gasteiger partial charge in [0.2, 0.25) is 6.04 Å². The molecule has 7 nitrogen and oxygen atoms in total. The third kappa shape index (κ3) is 16.3. The van der Waals surface area contributed by atoms with Crippen molar-refractivity contribution in [3.8, 4) is 0 Å². The number of likely N-dealkylation sites (N-methyl/N-ethyl adjacent to an activating group) is 1. The van der Waals surface area contributed by atoms with Gasteiger partial charge < -0.3 is 24.6 Å². The molecule has 1 unspecified atom stereocenters. The number of nitrogens with zero attached hydrogens (tertiary/aromatic N) is 1. The number of esters is 1. The normalized spacial score (nSPS) is 13.6. The minimum Gasteiger partial charge on any atom is -0.461 e. The zero-order chi connectivity index (χ0) is 24.4. The maximum atomic E-state index is 12.6. The topological polar surface area (TPSA) is 76.7 Å². The quantitative estimate of drug-likeness (QED) is 0.170. The average Bonchev–Trinajstić information content (AvgIpc) is 2.68. The highest BCUT2D eigenvalue weighted by molar-refractivity contribution is 5.78. The van der Waals surface area contributed by atoms with Crippen LogP contribution in [0.4, 0.5) is 4.79 Å². The fraction of sp³-hybridized carbons (Fsp3) is 0.920. The monoisotopic (exact) mass is 458 g/mol. The minimum atomic E-state index is -0.467. The first-order chi connectivity index (χ1) is 15.1. The van der Waals surface area contributed by atoms with Crippen LogP contribution in [0.15, 0.2) is 0 Å². The Morgan fingerprint density at radius 2 is 1.41 bits per heavy atom. The van der Waals surface area contributed by atoms with Crippen LogP contribution in [-0.2, 0) is 14.3 Å². The Hall–Kier alpha value is -1.34. The molecule has 0 fully saturated rings. The van der Waals surface area contributed by atoms with E-state index >= 15 is 0 Å². The van der Waals surface area contributed by atoms with E-state index in [9.17, 15) is 9.59 Å². The molecular formula is C25H52N3O4+. The van der Waals surface area contributed by atoms with Gasteiger partial charge >= 0.3 is 12.0 Å². The van der Waals surface area contributed by atoms with Gasteiger partial charge in [-0.15, -0.1) is 0 Å². The van der Waals surface area contributed by atoms with Crippen molar-refractivity contribution in [3.05, 3.63) is 0 Å². The highest BCUT2D eigenvalue weighted by atomic mass is 16.5. The van der Waals surface area contributed by atoms with Crippen LogP contribution in [-0.4, -0.2) is 76.1 Å². The molecule has 0 heterocycles. The van der Waals surface area contributed by atoms with Gasteiger partial charge in [-0.25, -0.2) is 9.59 Å². The van der Waals surface area contributed by atoms with Crippen molar-refractivity contribution >= 4 is 12.0 Å². The van der Waals surface area contributed by atoms with E-state index in [-0.39, 0.29) is 24.0 Å². The fourth-order valence-electron chi connectivity index (χ4n) is 3.66. The molecule has 7 heteroatoms. The predicted molar refractivity (Wildman–Crippen MR) is 132 cm³/mol. The summed E-state index contributed by atoms with van der Waals surface area (Å²) in [6, 6.07) is -1.04. The molecule has 0 spiro atoms. The molecule has 0 aromatic rings. The maximum absolute atomic E-state index is 12.6. The van der Waals surface area contributed by atoms with Gasteiger partial charge in [0.15, 0.2) is 0 Å². The first-order valence-corrected chi connectivity index (χ1v) is 12.7. The number of carbonyl (C=O) groups excluding carboxylic acids is 2. The van der Waals surface area contributed by atoms with Crippen LogP contribution in [0, 0.1) is 5.92 Å². The molecule has 0 aromatic carbocycles. The number of ether oxygens (including phenoxy) is 2. The van der Waals surface area contributed by atoms with Gasteiger partial charge in [0.25, 0.3) is 0 Å². The molecule has 0 radical (unpaired) electrons. The Kier molecular flexibility index (Phi) is 17.4. The number of amides is 2. The van der Waals surface area contributed by atoms with Gasteiger partial charge in [0.1, 0.15) is 0 Å². The number of urea groups is 1. The summed E-state index contributed by atoms with van der Waals surface area (Å²) >= 11 is 0. The summed E-state index contributed by atoms with van der Waals surface area (Å²) in [5.41, 5.74) is 0. The average molecular weight is 459 g/mol. The SMILES string of the molecule is CCCCCCCOCCCCCCNC(=O)NC(C)[C@H](C(=O)OCC(C)C)[N+](C)(C)C. The molecule has 32 heavy (non-hydrogen) atoms. The second-order valence-corrected chi connectivity index (χ2v) is 10.2. The molecule has 190 valence electrons. The van der Waals surface area contributed by atoms with E-state index in [4.69, 9.17) is 9.47 Å². The molecule has 0 saturated heterocycles. The summed E-state index contributed by atoms with van der Waals surface area (Å²) in [7, 11) is 5.81. The van der Waals surface area contributed by atoms with Crippen molar-refractivity contribution in [2.45, 2.75) is 97.6 Å². The first-order valence-electron chi connectivity index (χ1n) is 12.7. The molecule has 2 N–H and O–H groups in total. The lowest BCUT2D eigenvalue weighted by Crippen LogP contribution is -2.61. The summed E-state index contributed by atoms with van der Waals surface area (Å²) in [5, 5.41) is 5.82. The summed E-state index contributed by atoms with van der Waals surface area (Å²) < 4.78 is 11.5. The van der Waals surface area contributed by atoms with Crippen LogP contribution in [0.2, 0.25) is 0 Å². The van der Waals surface area contributed by atoms with E-state index in [0.717, 1.165) is 38.9 Å². The van der Waals surface area contributed by atoms with Crippen molar-refractivity contribution in [2.75, 3.05) is 47.5 Å². The second-order valence-electron chi connectivity index (χ2n) is 10.2. The van der Waals surface area contributed by atoms with E-state index in [1.807, 2.05) is 41.9 Å². The Balaban J connectivity index is 3.96. The molecule has 0 rings (SSSR count). The summed E-state index contributed by atoms with van der Waals surface area (Å²) in [6.07, 6.45) is 10.6. The third-order valence-electron chi connectivity index (χ3n) is 5.36. The van der Waals surface area contributed by atoms with E-state index in [2.05, 4.69) is 17.6 Å². The Morgan fingerprint density at radius 1 is 0.844 bits per heavy atom. The van der Waals surface area contributed by atoms with E-state index in [0.29, 0.717) is 17.6 Å². The van der Waals surface area contributed by atoms with Crippen molar-refractivity contribution < 1.29 is 23.5 Å². The van der Waals surface area contributed by atoms with Gasteiger partial charge in [-0.3, -0.25) is 0 Å². The highest BCUT2D eigenvalue weighted by Crippen LogP contribution is 2.11. The number of quaternary nitrogens is 1. The van der Waals surface area contributed by atoms with Gasteiger partial charge in [0, 0.05) is 19.8 Å². The van der Waals surface area contributed by atoms with Gasteiger partial charge in [0.05, 0.1) is 33.8 Å². The predicted octanol–water partition coefficient (Wildman–Crippen LogP) is 4.50. The van der Waals surface area contributed by atoms with E-state index in [1.54, 1.807) is 0 Å². The molecule has 0 aliphatic heterocycles. The molecular weight excluding hydrogens is 406 g/mol. The lowest BCUT2D eigenvalue weighted by molar-refractivity contribution is -0.888. The van der Waals surface area contributed by atoms with Gasteiger partial charge in [-0.1, -0.05) is 59.3 Å². The van der Waals surface area contributed by atoms with Crippen LogP contribution < -0.4 is 10.6 Å². The zero-order valence-electron chi connectivity index (χ0n) is 22.0. The molecule has 2 amide bonds. The zero-order valence-corrected chi connectivity index (χ0v) is 22.0. The molecule has 0 aliphatic rings. The van der Waals surface area contributed by atoms with Crippen LogP contribution in [0.5, 0.6) is 0 Å². The minimum absolute atomic E-state index is 0.237. The highest BCUT2D eigenvalue weighted by Gasteiger charge is 2.39. The third-order valence-corrected chi connectivity index (χ3v) is 5.36. The van der Waals surface area contributed by atoms with Gasteiger partial charge in [-0.05, 0) is 32.1 Å². The van der Waals surface area contributed by atoms with E-state index in [1.165, 1.54) is 32.1 Å². The number of hydrogen-bond acceptors (Lipinski definition) is 4. The van der Waals surface area contributed by atoms with Crippen molar-refractivity contribution in [3.63, 3.8) is 0 Å². The van der Waals surface area contributed by atoms with Crippen molar-refractivity contribution in [1.29, 1.82) is 0 Å². The van der Waals surface area contributed by atoms with Crippen molar-refractivity contribution in [2.24, 2.45) is 5.92 Å². The molecule has 0 saturated carbocycles. The Morgan fingerprint density at radius 3 is 1.94 bits per heavy atom. The van der Waals surface area contributed by atoms with Crippen molar-refractivity contribution in [1.82, 2.24) is 10.6 Å². The standard InChI is InChI=1S/C25H51N3O4/c1-8-9-10-12-15-18-31-19-16-13-11-14-17-26-25(30)27-22(4)23(28(5,6)7)24(29)32-20-21(2)3/h21-23H,8-20H2,1-7H3,(H-,26,27,30)/p+1/t22?,23-/m1/s1. The molecule has 0 aromatic heterocycles. The molecule has 2 atom stereocenters. The number of nitrogens with one attached hydrogen (secondary N) is 2. The maximum Gasteiger partial charge on any atom is 0.367 e. The summed E-state index contributed by atoms with van der Waals surface area (Å²) in [5.74, 6) is 0.00271. The van der Waals surface area contributed by atoms with Crippen LogP contribution in [0.1, 0.15) is 85.5 Å². The van der Waals surface area contributed by atoms with Crippen LogP contribution in [0.25, 0.3) is 0 Å². The molecule has 0 aliphatic carbocycles. The second kappa shape index (κ2) is 18.1. The smallest absolute Gasteiger partial charge is 0.367 e. The number of carbonyl (C=O) groups is 2. The summed E-state index contributed by atoms with van der Waals surface area (Å²) in [4.78, 5) is 24.9. The Labute approximate surface area is 197 Å². The van der Waals surface area contributed by atoms with Crippen LogP contribution in [0.3, 0.4) is 0 Å². The lowest BCUT2D eigenvalue weighted by Gasteiger charge is -2.36. The van der Waals surface area contributed by atoms with Crippen LogP contribution >= 0.6 is 0 Å². The number of rotatable bonds is 19. The van der Waals surface area contributed by atoms with Gasteiger partial charge in [-0.2, -0.15) is 0 Å². The van der Waals surface area contributed by atoms with E-state index < -0.39 is 6.04 Å². The number of unbranched alkanes of at least 4 members (excludes halogenated alkanes) is 7. The lowest BCUT2D eigenvalue weighted by atomic mass is 10.1. The number of hydrogen-bond donors (Lipinski definition) is 2. The summed E-state index contributed by atoms with van der Waals surface area (Å²) in [6.45, 7) is 10.8. The molecule has 0 bridgehead atoms.